The molecular formula is C6H9N3O4. The third-order valence-corrected chi connectivity index (χ3v) is 2.28. The van der Waals surface area contributed by atoms with Gasteiger partial charge in [-0.25, -0.2) is 0 Å². The topological polar surface area (TPSA) is 108 Å². The number of aliphatic hydroxyl groups excluding tert-OH is 2. The van der Waals surface area contributed by atoms with Crippen LogP contribution in [0.3, 0.4) is 0 Å². The third kappa shape index (κ3) is 1.27. The second-order valence-corrected chi connectivity index (χ2v) is 3.05. The summed E-state index contributed by atoms with van der Waals surface area (Å²) in [5, 5.41) is 22.2. The van der Waals surface area contributed by atoms with Gasteiger partial charge in [-0.1, -0.05) is 5.11 Å². The second kappa shape index (κ2) is 3.13. The van der Waals surface area contributed by atoms with E-state index >= 15 is 0 Å². The average molecular weight is 187 g/mol. The predicted molar refractivity (Wildman–Crippen MR) is 39.6 cm³/mol. The van der Waals surface area contributed by atoms with E-state index in [9.17, 15) is 10.2 Å². The maximum absolute atomic E-state index is 9.47. The molecule has 7 heteroatoms. The molecule has 2 bridgehead atoms. The molecule has 0 aromatic rings. The van der Waals surface area contributed by atoms with Crippen LogP contribution in [0.1, 0.15) is 0 Å². The molecule has 2 aliphatic rings. The van der Waals surface area contributed by atoms with Crippen molar-refractivity contribution in [2.24, 2.45) is 5.11 Å². The summed E-state index contributed by atoms with van der Waals surface area (Å²) < 4.78 is 10.2. The first-order chi connectivity index (χ1) is 6.24. The van der Waals surface area contributed by atoms with Crippen LogP contribution < -0.4 is 0 Å². The second-order valence-electron chi connectivity index (χ2n) is 3.05. The molecule has 7 nitrogen and oxygen atoms in total. The Morgan fingerprint density at radius 2 is 2.15 bits per heavy atom. The van der Waals surface area contributed by atoms with Crippen molar-refractivity contribution in [1.29, 1.82) is 0 Å². The van der Waals surface area contributed by atoms with Gasteiger partial charge in [0.15, 0.2) is 6.29 Å². The van der Waals surface area contributed by atoms with Crippen molar-refractivity contribution in [3.63, 3.8) is 0 Å². The highest BCUT2D eigenvalue weighted by molar-refractivity contribution is 4.97. The van der Waals surface area contributed by atoms with Gasteiger partial charge in [-0.15, -0.1) is 0 Å². The van der Waals surface area contributed by atoms with Crippen molar-refractivity contribution < 1.29 is 19.7 Å². The highest BCUT2D eigenvalue weighted by Crippen LogP contribution is 2.29. The molecule has 1 unspecified atom stereocenters. The van der Waals surface area contributed by atoms with E-state index in [4.69, 9.17) is 15.0 Å². The number of fused-ring (bicyclic) bond motifs is 2. The van der Waals surface area contributed by atoms with E-state index < -0.39 is 30.6 Å². The zero-order valence-electron chi connectivity index (χ0n) is 6.65. The van der Waals surface area contributed by atoms with Crippen LogP contribution in [0.25, 0.3) is 10.4 Å². The quantitative estimate of drug-likeness (QED) is 0.316. The van der Waals surface area contributed by atoms with Crippen LogP contribution in [0.4, 0.5) is 0 Å². The summed E-state index contributed by atoms with van der Waals surface area (Å²) in [6, 6.07) is -0.765. The van der Waals surface area contributed by atoms with Gasteiger partial charge in [0.1, 0.15) is 6.10 Å². The Morgan fingerprint density at radius 3 is 2.85 bits per heavy atom. The van der Waals surface area contributed by atoms with Crippen molar-refractivity contribution in [3.05, 3.63) is 10.4 Å². The summed E-state index contributed by atoms with van der Waals surface area (Å²) in [5.74, 6) is 0. The first kappa shape index (κ1) is 8.74. The van der Waals surface area contributed by atoms with Gasteiger partial charge in [-0.3, -0.25) is 0 Å². The smallest absolute Gasteiger partial charge is 0.186 e. The molecule has 0 radical (unpaired) electrons. The van der Waals surface area contributed by atoms with Crippen LogP contribution in [0.15, 0.2) is 5.11 Å². The van der Waals surface area contributed by atoms with Crippen LogP contribution in [0.2, 0.25) is 0 Å². The van der Waals surface area contributed by atoms with Crippen LogP contribution in [0.5, 0.6) is 0 Å². The Kier molecular flexibility index (Phi) is 2.10. The maximum Gasteiger partial charge on any atom is 0.186 e. The van der Waals surface area contributed by atoms with Crippen molar-refractivity contribution >= 4 is 0 Å². The summed E-state index contributed by atoms with van der Waals surface area (Å²) in [6.45, 7) is 0.239. The molecule has 13 heavy (non-hydrogen) atoms. The number of rotatable bonds is 1. The first-order valence-electron chi connectivity index (χ1n) is 3.91. The minimum atomic E-state index is -1.14. The zero-order valence-corrected chi connectivity index (χ0v) is 6.65. The number of ether oxygens (including phenoxy) is 2. The molecule has 2 N–H and O–H groups in total. The van der Waals surface area contributed by atoms with E-state index in [0.29, 0.717) is 0 Å². The van der Waals surface area contributed by atoms with Crippen molar-refractivity contribution in [3.8, 4) is 0 Å². The predicted octanol–water partition coefficient (Wildman–Crippen LogP) is -0.858. The lowest BCUT2D eigenvalue weighted by Crippen LogP contribution is -2.52. The monoisotopic (exact) mass is 187 g/mol. The van der Waals surface area contributed by atoms with Crippen LogP contribution in [-0.4, -0.2) is 47.5 Å². The van der Waals surface area contributed by atoms with E-state index in [1.807, 2.05) is 0 Å². The molecule has 0 saturated carbocycles. The minimum Gasteiger partial charge on any atom is -0.390 e. The molecule has 0 aliphatic carbocycles. The summed E-state index contributed by atoms with van der Waals surface area (Å²) in [6.07, 6.45) is -3.49. The molecule has 2 saturated heterocycles. The van der Waals surface area contributed by atoms with Crippen LogP contribution in [0, 0.1) is 0 Å². The first-order valence-corrected chi connectivity index (χ1v) is 3.91. The van der Waals surface area contributed by atoms with Crippen molar-refractivity contribution in [2.45, 2.75) is 30.6 Å². The van der Waals surface area contributed by atoms with Crippen LogP contribution in [-0.2, 0) is 9.47 Å². The Hall–Kier alpha value is -0.850. The van der Waals surface area contributed by atoms with Gasteiger partial charge in [-0.05, 0) is 5.53 Å². The molecule has 0 spiro atoms. The molecule has 2 aliphatic heterocycles. The van der Waals surface area contributed by atoms with Crippen molar-refractivity contribution in [2.75, 3.05) is 6.61 Å². The fraction of sp³-hybridized carbons (Fsp3) is 1.00. The highest BCUT2D eigenvalue weighted by Gasteiger charge is 2.49. The van der Waals surface area contributed by atoms with Gasteiger partial charge in [0, 0.05) is 4.91 Å². The molecule has 0 amide bonds. The van der Waals surface area contributed by atoms with Gasteiger partial charge in [-0.2, -0.15) is 0 Å². The number of nitrogens with zero attached hydrogens (tertiary/aromatic N) is 3. The Labute approximate surface area is 73.5 Å². The zero-order chi connectivity index (χ0) is 9.42. The maximum atomic E-state index is 9.47. The van der Waals surface area contributed by atoms with E-state index in [2.05, 4.69) is 10.0 Å². The number of aliphatic hydroxyl groups is 2. The number of hydrogen-bond donors (Lipinski definition) is 2. The molecule has 0 aromatic carbocycles. The van der Waals surface area contributed by atoms with E-state index in [-0.39, 0.29) is 6.61 Å². The van der Waals surface area contributed by atoms with Crippen LogP contribution >= 0.6 is 0 Å². The van der Waals surface area contributed by atoms with Gasteiger partial charge < -0.3 is 19.7 Å². The van der Waals surface area contributed by atoms with Gasteiger partial charge in [0.25, 0.3) is 0 Å². The normalized spacial score (nSPS) is 48.6. The average Bonchev–Trinajstić information content (AvgIpc) is 2.56. The fourth-order valence-corrected chi connectivity index (χ4v) is 1.58. The molecule has 2 fully saturated rings. The lowest BCUT2D eigenvalue weighted by molar-refractivity contribution is -0.198. The van der Waals surface area contributed by atoms with Gasteiger partial charge in [0.05, 0.1) is 24.9 Å². The summed E-state index contributed by atoms with van der Waals surface area (Å²) in [7, 11) is 0. The Balaban J connectivity index is 2.21. The Morgan fingerprint density at radius 1 is 1.38 bits per heavy atom. The molecule has 5 atom stereocenters. The largest absolute Gasteiger partial charge is 0.390 e. The standard InChI is InChI=1S/C6H9N3O4/c7-9-8-3-2-1-12-6(13-2)5(11)4(3)10/h2-6,10-11H,1H2/t2-,3-,4+,5-,6?/m1/s1. The number of hydrogen-bond acceptors (Lipinski definition) is 5. The Bertz CT molecular complexity index is 254. The third-order valence-electron chi connectivity index (χ3n) is 2.28. The fourth-order valence-electron chi connectivity index (χ4n) is 1.58. The molecule has 0 aromatic heterocycles. The molecule has 2 rings (SSSR count). The van der Waals surface area contributed by atoms with E-state index in [1.165, 1.54) is 0 Å². The SMILES string of the molecule is [N-]=[N+]=N[C@H]1[C@H](O)[C@@H](O)C2OC[C@H]1O2. The van der Waals surface area contributed by atoms with E-state index in [1.54, 1.807) is 0 Å². The lowest BCUT2D eigenvalue weighted by Gasteiger charge is -2.32. The highest BCUT2D eigenvalue weighted by atomic mass is 16.7. The van der Waals surface area contributed by atoms with Crippen molar-refractivity contribution in [1.82, 2.24) is 0 Å². The lowest BCUT2D eigenvalue weighted by atomic mass is 9.99. The summed E-state index contributed by atoms with van der Waals surface area (Å²) in [4.78, 5) is 2.58. The number of azide groups is 1. The molecule has 2 heterocycles. The summed E-state index contributed by atoms with van der Waals surface area (Å²) in [5.41, 5.74) is 8.22. The van der Waals surface area contributed by atoms with Gasteiger partial charge >= 0.3 is 0 Å². The summed E-state index contributed by atoms with van der Waals surface area (Å²) >= 11 is 0. The minimum absolute atomic E-state index is 0.239. The molecular weight excluding hydrogens is 178 g/mol. The van der Waals surface area contributed by atoms with Gasteiger partial charge in [0.2, 0.25) is 0 Å². The van der Waals surface area contributed by atoms with E-state index in [0.717, 1.165) is 0 Å². The molecule has 72 valence electrons.